The molecule has 0 unspecified atom stereocenters. The molecule has 0 aliphatic rings. The predicted octanol–water partition coefficient (Wildman–Crippen LogP) is 5.72. The summed E-state index contributed by atoms with van der Waals surface area (Å²) in [6.07, 6.45) is 0. The van der Waals surface area contributed by atoms with Crippen LogP contribution in [0, 0.1) is 0 Å². The molecule has 1 heterocycles. The fourth-order valence-corrected chi connectivity index (χ4v) is 4.81. The van der Waals surface area contributed by atoms with Gasteiger partial charge in [0.15, 0.2) is 4.80 Å². The number of halogens is 2. The van der Waals surface area contributed by atoms with Crippen LogP contribution in [0.1, 0.15) is 10.4 Å². The Morgan fingerprint density at radius 1 is 1.00 bits per heavy atom. The molecule has 4 rings (SSSR count). The summed E-state index contributed by atoms with van der Waals surface area (Å²) in [7, 11) is 1.29. The number of amides is 1. The van der Waals surface area contributed by atoms with Crippen molar-refractivity contribution in [3.05, 3.63) is 87.1 Å². The number of para-hydroxylation sites is 1. The zero-order valence-electron chi connectivity index (χ0n) is 16.7. The molecule has 1 aromatic heterocycles. The van der Waals surface area contributed by atoms with E-state index < -0.39 is 11.9 Å². The first-order chi connectivity index (χ1) is 15.4. The van der Waals surface area contributed by atoms with E-state index in [4.69, 9.17) is 32.7 Å². The SMILES string of the molecule is COC(=O)Cn1c(=NC(=O)c2ccc(Oc3ccccc3)cc2)sc2cc(Cl)cc(Cl)c21. The highest BCUT2D eigenvalue weighted by Gasteiger charge is 2.16. The second-order valence-electron chi connectivity index (χ2n) is 6.64. The van der Waals surface area contributed by atoms with Gasteiger partial charge in [-0.3, -0.25) is 9.59 Å². The van der Waals surface area contributed by atoms with Crippen molar-refractivity contribution in [3.63, 3.8) is 0 Å². The molecule has 0 bridgehead atoms. The van der Waals surface area contributed by atoms with Crippen LogP contribution in [-0.4, -0.2) is 23.6 Å². The van der Waals surface area contributed by atoms with Crippen LogP contribution in [0.3, 0.4) is 0 Å². The van der Waals surface area contributed by atoms with Crippen molar-refractivity contribution in [3.8, 4) is 11.5 Å². The van der Waals surface area contributed by atoms with Gasteiger partial charge < -0.3 is 14.0 Å². The maximum absolute atomic E-state index is 12.8. The van der Waals surface area contributed by atoms with Crippen LogP contribution in [0.25, 0.3) is 10.2 Å². The van der Waals surface area contributed by atoms with Gasteiger partial charge in [-0.05, 0) is 48.5 Å². The summed E-state index contributed by atoms with van der Waals surface area (Å²) in [6, 6.07) is 19.3. The van der Waals surface area contributed by atoms with E-state index in [0.29, 0.717) is 42.1 Å². The number of methoxy groups -OCH3 is 1. The Morgan fingerprint density at radius 3 is 2.38 bits per heavy atom. The van der Waals surface area contributed by atoms with Gasteiger partial charge in [-0.25, -0.2) is 0 Å². The van der Waals surface area contributed by atoms with Crippen LogP contribution in [-0.2, 0) is 16.1 Å². The molecule has 6 nitrogen and oxygen atoms in total. The number of aromatic nitrogens is 1. The quantitative estimate of drug-likeness (QED) is 0.338. The fourth-order valence-electron chi connectivity index (χ4n) is 3.00. The number of hydrogen-bond donors (Lipinski definition) is 0. The Morgan fingerprint density at radius 2 is 1.69 bits per heavy atom. The molecule has 1 amide bonds. The Hall–Kier alpha value is -3.13. The Balaban J connectivity index is 1.68. The van der Waals surface area contributed by atoms with Gasteiger partial charge >= 0.3 is 5.97 Å². The maximum Gasteiger partial charge on any atom is 0.325 e. The number of thiazole rings is 1. The molecule has 0 spiro atoms. The number of esters is 1. The molecule has 0 aliphatic carbocycles. The monoisotopic (exact) mass is 486 g/mol. The van der Waals surface area contributed by atoms with Gasteiger partial charge in [-0.2, -0.15) is 4.99 Å². The Kier molecular flexibility index (Phi) is 6.60. The molecule has 0 fully saturated rings. The van der Waals surface area contributed by atoms with Gasteiger partial charge in [0.2, 0.25) is 0 Å². The summed E-state index contributed by atoms with van der Waals surface area (Å²) in [5.41, 5.74) is 0.932. The minimum atomic E-state index is -0.493. The molecule has 32 heavy (non-hydrogen) atoms. The van der Waals surface area contributed by atoms with Crippen molar-refractivity contribution >= 4 is 56.6 Å². The van der Waals surface area contributed by atoms with E-state index >= 15 is 0 Å². The predicted molar refractivity (Wildman–Crippen MR) is 125 cm³/mol. The number of rotatable bonds is 5. The molecule has 0 radical (unpaired) electrons. The third-order valence-electron chi connectivity index (χ3n) is 4.49. The van der Waals surface area contributed by atoms with Crippen LogP contribution in [0.4, 0.5) is 0 Å². The van der Waals surface area contributed by atoms with Crippen LogP contribution < -0.4 is 9.54 Å². The highest BCUT2D eigenvalue weighted by atomic mass is 35.5. The lowest BCUT2D eigenvalue weighted by molar-refractivity contribution is -0.141. The summed E-state index contributed by atoms with van der Waals surface area (Å²) in [4.78, 5) is 29.3. The molecular weight excluding hydrogens is 471 g/mol. The van der Waals surface area contributed by atoms with Crippen molar-refractivity contribution in [1.29, 1.82) is 0 Å². The van der Waals surface area contributed by atoms with E-state index in [1.54, 1.807) is 41.0 Å². The third-order valence-corrected chi connectivity index (χ3v) is 6.02. The number of fused-ring (bicyclic) bond motifs is 1. The van der Waals surface area contributed by atoms with E-state index in [1.165, 1.54) is 18.4 Å². The molecule has 9 heteroatoms. The first-order valence-electron chi connectivity index (χ1n) is 9.42. The second-order valence-corrected chi connectivity index (χ2v) is 8.49. The lowest BCUT2D eigenvalue weighted by Crippen LogP contribution is -2.22. The van der Waals surface area contributed by atoms with Gasteiger partial charge in [-0.15, -0.1) is 0 Å². The molecule has 0 saturated carbocycles. The summed E-state index contributed by atoms with van der Waals surface area (Å²) in [5.74, 6) is 0.327. The average molecular weight is 487 g/mol. The number of carbonyl (C=O) groups excluding carboxylic acids is 2. The van der Waals surface area contributed by atoms with Crippen LogP contribution in [0.2, 0.25) is 10.0 Å². The minimum Gasteiger partial charge on any atom is -0.468 e. The maximum atomic E-state index is 12.8. The molecule has 0 aliphatic heterocycles. The summed E-state index contributed by atoms with van der Waals surface area (Å²) in [6.45, 7) is -0.145. The van der Waals surface area contributed by atoms with Crippen LogP contribution in [0.15, 0.2) is 71.7 Å². The third kappa shape index (κ3) is 4.85. The first-order valence-corrected chi connectivity index (χ1v) is 11.0. The lowest BCUT2D eigenvalue weighted by atomic mass is 10.2. The molecular formula is C23H16Cl2N2O4S. The highest BCUT2D eigenvalue weighted by Crippen LogP contribution is 2.30. The van der Waals surface area contributed by atoms with E-state index in [2.05, 4.69) is 4.99 Å². The second kappa shape index (κ2) is 9.56. The minimum absolute atomic E-state index is 0.145. The standard InChI is InChI=1S/C23H16Cl2N2O4S/c1-30-20(28)13-27-21-18(25)11-15(24)12-19(21)32-23(27)26-22(29)14-7-9-17(10-8-14)31-16-5-3-2-4-6-16/h2-12H,13H2,1H3. The zero-order valence-corrected chi connectivity index (χ0v) is 19.1. The summed E-state index contributed by atoms with van der Waals surface area (Å²) >= 11 is 13.7. The van der Waals surface area contributed by atoms with Gasteiger partial charge in [0.05, 0.1) is 22.3 Å². The van der Waals surface area contributed by atoms with Gasteiger partial charge in [0.25, 0.3) is 5.91 Å². The van der Waals surface area contributed by atoms with E-state index in [9.17, 15) is 9.59 Å². The molecule has 162 valence electrons. The average Bonchev–Trinajstić information content (AvgIpc) is 3.11. The van der Waals surface area contributed by atoms with Crippen molar-refractivity contribution in [1.82, 2.24) is 4.57 Å². The van der Waals surface area contributed by atoms with Crippen molar-refractivity contribution in [2.24, 2.45) is 4.99 Å². The van der Waals surface area contributed by atoms with Crippen LogP contribution >= 0.6 is 34.5 Å². The zero-order chi connectivity index (χ0) is 22.7. The van der Waals surface area contributed by atoms with Gasteiger partial charge in [-0.1, -0.05) is 52.7 Å². The number of carbonyl (C=O) groups is 2. The number of benzene rings is 3. The number of nitrogens with zero attached hydrogens (tertiary/aromatic N) is 2. The van der Waals surface area contributed by atoms with Crippen molar-refractivity contribution in [2.75, 3.05) is 7.11 Å². The summed E-state index contributed by atoms with van der Waals surface area (Å²) in [5, 5.41) is 0.796. The Bertz CT molecular complexity index is 1360. The topological polar surface area (TPSA) is 69.9 Å². The van der Waals surface area contributed by atoms with E-state index in [-0.39, 0.29) is 6.54 Å². The largest absolute Gasteiger partial charge is 0.468 e. The summed E-state index contributed by atoms with van der Waals surface area (Å²) < 4.78 is 12.8. The van der Waals surface area contributed by atoms with Crippen LogP contribution in [0.5, 0.6) is 11.5 Å². The Labute approximate surface area is 197 Å². The molecule has 0 atom stereocenters. The molecule has 3 aromatic carbocycles. The van der Waals surface area contributed by atoms with Gasteiger partial charge in [0.1, 0.15) is 18.0 Å². The smallest absolute Gasteiger partial charge is 0.325 e. The van der Waals surface area contributed by atoms with Crippen molar-refractivity contribution < 1.29 is 19.1 Å². The normalized spacial score (nSPS) is 11.5. The van der Waals surface area contributed by atoms with E-state index in [1.807, 2.05) is 30.3 Å². The van der Waals surface area contributed by atoms with E-state index in [0.717, 1.165) is 0 Å². The molecule has 0 N–H and O–H groups in total. The molecule has 0 saturated heterocycles. The fraction of sp³-hybridized carbons (Fsp3) is 0.0870. The first kappa shape index (κ1) is 22.1. The van der Waals surface area contributed by atoms with Crippen molar-refractivity contribution in [2.45, 2.75) is 6.54 Å². The lowest BCUT2D eigenvalue weighted by Gasteiger charge is -2.06. The van der Waals surface area contributed by atoms with Gasteiger partial charge in [0, 0.05) is 10.6 Å². The number of ether oxygens (including phenoxy) is 2. The molecule has 4 aromatic rings. The number of hydrogen-bond acceptors (Lipinski definition) is 5. The highest BCUT2D eigenvalue weighted by molar-refractivity contribution is 7.16.